The Labute approximate surface area is 139 Å². The molecule has 1 saturated heterocycles. The summed E-state index contributed by atoms with van der Waals surface area (Å²) in [5.41, 5.74) is 1.31. The van der Waals surface area contributed by atoms with E-state index in [9.17, 15) is 4.79 Å². The first-order valence-corrected chi connectivity index (χ1v) is 7.78. The maximum Gasteiger partial charge on any atom is 0.255 e. The summed E-state index contributed by atoms with van der Waals surface area (Å²) in [6.45, 7) is 3.05. The minimum Gasteiger partial charge on any atom is -0.335 e. The predicted molar refractivity (Wildman–Crippen MR) is 86.4 cm³/mol. The number of nitrogens with zero attached hydrogens (tertiary/aromatic N) is 6. The first-order valence-electron chi connectivity index (χ1n) is 7.40. The molecule has 1 aliphatic rings. The highest BCUT2D eigenvalue weighted by molar-refractivity contribution is 6.31. The lowest BCUT2D eigenvalue weighted by atomic mass is 10.1. The van der Waals surface area contributed by atoms with E-state index in [1.807, 2.05) is 36.8 Å². The van der Waals surface area contributed by atoms with E-state index in [1.165, 1.54) is 0 Å². The largest absolute Gasteiger partial charge is 0.335 e. The van der Waals surface area contributed by atoms with Gasteiger partial charge in [0.2, 0.25) is 0 Å². The van der Waals surface area contributed by atoms with E-state index in [4.69, 9.17) is 11.6 Å². The number of halogens is 1. The van der Waals surface area contributed by atoms with Crippen molar-refractivity contribution in [2.24, 2.45) is 0 Å². The predicted octanol–water partition coefficient (Wildman–Crippen LogP) is 1.26. The second-order valence-corrected chi connectivity index (χ2v) is 6.39. The van der Waals surface area contributed by atoms with Crippen molar-refractivity contribution in [2.45, 2.75) is 19.0 Å². The Morgan fingerprint density at radius 2 is 2.13 bits per heavy atom. The smallest absolute Gasteiger partial charge is 0.255 e. The number of carbonyl (C=O) groups is 1. The molecule has 0 unspecified atom stereocenters. The standard InChI is InChI=1S/C15H19ClN6O/c1-10-11(6-17-7-12(10)16)15(23)21-8-13(20(2)3)14(9-21)22-5-4-18-19-22/h4-7,13-14H,8-9H2,1-3H3/t13-,14+/m1/s1. The van der Waals surface area contributed by atoms with Crippen LogP contribution in [0.4, 0.5) is 0 Å². The zero-order valence-electron chi connectivity index (χ0n) is 13.3. The fraction of sp³-hybridized carbons (Fsp3) is 0.467. The van der Waals surface area contributed by atoms with E-state index in [0.29, 0.717) is 23.7 Å². The summed E-state index contributed by atoms with van der Waals surface area (Å²) in [6, 6.07) is 0.247. The molecule has 1 amide bonds. The van der Waals surface area contributed by atoms with Gasteiger partial charge in [-0.1, -0.05) is 16.8 Å². The normalized spacial score (nSPS) is 21.2. The molecule has 2 aromatic rings. The summed E-state index contributed by atoms with van der Waals surface area (Å²) in [7, 11) is 4.02. The number of hydrogen-bond donors (Lipinski definition) is 0. The van der Waals surface area contributed by atoms with Crippen molar-refractivity contribution in [3.05, 3.63) is 40.9 Å². The van der Waals surface area contributed by atoms with Crippen molar-refractivity contribution in [3.8, 4) is 0 Å². The summed E-state index contributed by atoms with van der Waals surface area (Å²) < 4.78 is 1.82. The first kappa shape index (κ1) is 15.9. The average Bonchev–Trinajstić information content (AvgIpc) is 3.17. The molecule has 0 spiro atoms. The molecule has 0 aliphatic carbocycles. The van der Waals surface area contributed by atoms with Crippen LogP contribution in [-0.4, -0.2) is 68.9 Å². The Balaban J connectivity index is 1.87. The molecule has 0 aromatic carbocycles. The van der Waals surface area contributed by atoms with Crippen LogP contribution in [0.15, 0.2) is 24.8 Å². The van der Waals surface area contributed by atoms with E-state index >= 15 is 0 Å². The van der Waals surface area contributed by atoms with Gasteiger partial charge in [-0.3, -0.25) is 9.78 Å². The van der Waals surface area contributed by atoms with Gasteiger partial charge in [-0.2, -0.15) is 0 Å². The molecule has 122 valence electrons. The van der Waals surface area contributed by atoms with Gasteiger partial charge in [0.05, 0.1) is 28.9 Å². The van der Waals surface area contributed by atoms with Crippen molar-refractivity contribution in [3.63, 3.8) is 0 Å². The lowest BCUT2D eigenvalue weighted by molar-refractivity contribution is 0.0780. The number of hydrogen-bond acceptors (Lipinski definition) is 5. The van der Waals surface area contributed by atoms with Crippen LogP contribution in [0.1, 0.15) is 22.0 Å². The molecule has 2 aromatic heterocycles. The lowest BCUT2D eigenvalue weighted by Crippen LogP contribution is -2.37. The Hall–Kier alpha value is -1.99. The molecule has 3 heterocycles. The highest BCUT2D eigenvalue weighted by Gasteiger charge is 2.38. The molecule has 8 heteroatoms. The van der Waals surface area contributed by atoms with E-state index < -0.39 is 0 Å². The Morgan fingerprint density at radius 1 is 1.35 bits per heavy atom. The van der Waals surface area contributed by atoms with Crippen molar-refractivity contribution in [1.82, 2.24) is 29.8 Å². The molecule has 0 N–H and O–H groups in total. The van der Waals surface area contributed by atoms with Gasteiger partial charge in [0.25, 0.3) is 5.91 Å². The summed E-state index contributed by atoms with van der Waals surface area (Å²) in [6.07, 6.45) is 6.62. The third-order valence-corrected chi connectivity index (χ3v) is 4.76. The minimum absolute atomic E-state index is 0.0491. The van der Waals surface area contributed by atoms with Gasteiger partial charge in [0, 0.05) is 31.7 Å². The number of rotatable bonds is 3. The maximum atomic E-state index is 12.9. The van der Waals surface area contributed by atoms with Crippen molar-refractivity contribution < 1.29 is 4.79 Å². The zero-order valence-corrected chi connectivity index (χ0v) is 14.1. The van der Waals surface area contributed by atoms with E-state index in [-0.39, 0.29) is 18.0 Å². The SMILES string of the molecule is Cc1c(Cl)cncc1C(=O)N1C[C@@H](N(C)C)[C@@H](n2ccnn2)C1. The Morgan fingerprint density at radius 3 is 2.78 bits per heavy atom. The highest BCUT2D eigenvalue weighted by atomic mass is 35.5. The molecule has 0 saturated carbocycles. The number of pyridine rings is 1. The van der Waals surface area contributed by atoms with E-state index in [0.717, 1.165) is 5.56 Å². The van der Waals surface area contributed by atoms with E-state index in [2.05, 4.69) is 20.2 Å². The van der Waals surface area contributed by atoms with Gasteiger partial charge in [0.15, 0.2) is 0 Å². The molecule has 1 fully saturated rings. The fourth-order valence-corrected chi connectivity index (χ4v) is 3.14. The number of likely N-dealkylation sites (N-methyl/N-ethyl adjacent to an activating group) is 1. The Bertz CT molecular complexity index is 702. The van der Waals surface area contributed by atoms with Gasteiger partial charge in [-0.25, -0.2) is 4.68 Å². The second-order valence-electron chi connectivity index (χ2n) is 5.99. The number of likely N-dealkylation sites (tertiary alicyclic amines) is 1. The van der Waals surface area contributed by atoms with Crippen LogP contribution in [0.3, 0.4) is 0 Å². The summed E-state index contributed by atoms with van der Waals surface area (Å²) >= 11 is 6.09. The maximum absolute atomic E-state index is 12.9. The van der Waals surface area contributed by atoms with Crippen molar-refractivity contribution in [1.29, 1.82) is 0 Å². The number of amides is 1. The molecule has 0 bridgehead atoms. The van der Waals surface area contributed by atoms with Crippen LogP contribution < -0.4 is 0 Å². The molecule has 0 radical (unpaired) electrons. The van der Waals surface area contributed by atoms with Crippen LogP contribution in [0, 0.1) is 6.92 Å². The molecule has 7 nitrogen and oxygen atoms in total. The van der Waals surface area contributed by atoms with Gasteiger partial charge in [-0.15, -0.1) is 5.10 Å². The van der Waals surface area contributed by atoms with Gasteiger partial charge in [-0.05, 0) is 26.6 Å². The van der Waals surface area contributed by atoms with Crippen LogP contribution in [0.2, 0.25) is 5.02 Å². The van der Waals surface area contributed by atoms with Crippen LogP contribution in [0.25, 0.3) is 0 Å². The highest BCUT2D eigenvalue weighted by Crippen LogP contribution is 2.27. The third kappa shape index (κ3) is 2.94. The molecule has 1 aliphatic heterocycles. The number of carbonyl (C=O) groups excluding carboxylic acids is 1. The second kappa shape index (κ2) is 6.25. The third-order valence-electron chi connectivity index (χ3n) is 4.37. The van der Waals surface area contributed by atoms with Crippen molar-refractivity contribution in [2.75, 3.05) is 27.2 Å². The Kier molecular flexibility index (Phi) is 4.32. The lowest BCUT2D eigenvalue weighted by Gasteiger charge is -2.24. The summed E-state index contributed by atoms with van der Waals surface area (Å²) in [5, 5.41) is 8.48. The topological polar surface area (TPSA) is 67.2 Å². The monoisotopic (exact) mass is 334 g/mol. The average molecular weight is 335 g/mol. The van der Waals surface area contributed by atoms with Gasteiger partial charge < -0.3 is 9.80 Å². The minimum atomic E-state index is -0.0491. The van der Waals surface area contributed by atoms with Crippen LogP contribution in [-0.2, 0) is 0 Å². The van der Waals surface area contributed by atoms with E-state index in [1.54, 1.807) is 18.6 Å². The molecule has 3 rings (SSSR count). The van der Waals surface area contributed by atoms with Crippen molar-refractivity contribution >= 4 is 17.5 Å². The fourth-order valence-electron chi connectivity index (χ4n) is 2.98. The summed E-state index contributed by atoms with van der Waals surface area (Å²) in [5.74, 6) is -0.0491. The quantitative estimate of drug-likeness (QED) is 0.845. The first-order chi connectivity index (χ1) is 11.0. The summed E-state index contributed by atoms with van der Waals surface area (Å²) in [4.78, 5) is 20.9. The van der Waals surface area contributed by atoms with Crippen LogP contribution >= 0.6 is 11.6 Å². The molecular formula is C15H19ClN6O. The van der Waals surface area contributed by atoms with Crippen LogP contribution in [0.5, 0.6) is 0 Å². The molecule has 2 atom stereocenters. The zero-order chi connectivity index (χ0) is 16.6. The van der Waals surface area contributed by atoms with Gasteiger partial charge >= 0.3 is 0 Å². The molecule has 23 heavy (non-hydrogen) atoms. The number of aromatic nitrogens is 4. The van der Waals surface area contributed by atoms with Gasteiger partial charge in [0.1, 0.15) is 0 Å². The molecular weight excluding hydrogens is 316 g/mol.